The molecule has 6 aromatic rings. The van der Waals surface area contributed by atoms with Crippen LogP contribution < -0.4 is 11.1 Å². The molecule has 0 saturated heterocycles. The predicted octanol–water partition coefficient (Wildman–Crippen LogP) is 4.12. The molecule has 0 atom stereocenters. The summed E-state index contributed by atoms with van der Waals surface area (Å²) in [5.74, 6) is 0. The molecule has 0 aliphatic heterocycles. The number of rotatable bonds is 4. The normalized spacial score (nSPS) is 11.8. The molecule has 0 spiro atoms. The molecule has 7 nitrogen and oxygen atoms in total. The summed E-state index contributed by atoms with van der Waals surface area (Å²) in [5, 5.41) is 5.31. The van der Waals surface area contributed by atoms with E-state index in [1.807, 2.05) is 55.6 Å². The van der Waals surface area contributed by atoms with E-state index in [-0.39, 0.29) is 11.1 Å². The van der Waals surface area contributed by atoms with Crippen LogP contribution in [0.2, 0.25) is 0 Å². The van der Waals surface area contributed by atoms with E-state index in [0.717, 1.165) is 26.7 Å². The zero-order valence-corrected chi connectivity index (χ0v) is 18.1. The second-order valence-corrected chi connectivity index (χ2v) is 8.84. The Morgan fingerprint density at radius 2 is 1.84 bits per heavy atom. The van der Waals surface area contributed by atoms with Gasteiger partial charge in [-0.1, -0.05) is 41.7 Å². The van der Waals surface area contributed by atoms with Gasteiger partial charge in [-0.05, 0) is 37.1 Å². The average molecular weight is 442 g/mol. The Bertz CT molecular complexity index is 1710. The highest BCUT2D eigenvalue weighted by atomic mass is 32.1. The van der Waals surface area contributed by atoms with E-state index < -0.39 is 0 Å². The smallest absolute Gasteiger partial charge is 0.282 e. The number of hydrogen-bond acceptors (Lipinski definition) is 4. The Morgan fingerprint density at radius 3 is 2.72 bits per heavy atom. The summed E-state index contributed by atoms with van der Waals surface area (Å²) in [5.41, 5.74) is 3.92. The van der Waals surface area contributed by atoms with Gasteiger partial charge in [0.05, 0.1) is 21.1 Å². The number of nitrogens with one attached hydrogen (secondary N) is 2. The molecule has 0 aliphatic rings. The van der Waals surface area contributed by atoms with Gasteiger partial charge in [-0.2, -0.15) is 4.68 Å². The van der Waals surface area contributed by atoms with E-state index in [2.05, 4.69) is 21.1 Å². The fourth-order valence-corrected chi connectivity index (χ4v) is 5.27. The van der Waals surface area contributed by atoms with Crippen molar-refractivity contribution in [1.29, 1.82) is 0 Å². The molecule has 0 radical (unpaired) electrons. The van der Waals surface area contributed by atoms with Crippen molar-refractivity contribution in [3.8, 4) is 5.13 Å². The first kappa shape index (κ1) is 18.8. The molecule has 4 aromatic heterocycles. The van der Waals surface area contributed by atoms with Crippen LogP contribution in [-0.4, -0.2) is 24.3 Å². The van der Waals surface area contributed by atoms with E-state index in [1.54, 1.807) is 4.57 Å². The summed E-state index contributed by atoms with van der Waals surface area (Å²) < 4.78 is 4.12. The molecule has 0 aliphatic carbocycles. The zero-order chi connectivity index (χ0) is 21.8. The number of hydrogen-bond donors (Lipinski definition) is 2. The minimum absolute atomic E-state index is 0.132. The lowest BCUT2D eigenvalue weighted by Crippen LogP contribution is -2.24. The van der Waals surface area contributed by atoms with E-state index in [0.29, 0.717) is 34.7 Å². The lowest BCUT2D eigenvalue weighted by molar-refractivity contribution is 0.656. The summed E-state index contributed by atoms with van der Waals surface area (Å²) in [6.07, 6.45) is 2.67. The van der Waals surface area contributed by atoms with Crippen LogP contribution in [0.1, 0.15) is 11.3 Å². The quantitative estimate of drug-likeness (QED) is 0.431. The number of thiazole rings is 1. The van der Waals surface area contributed by atoms with Crippen molar-refractivity contribution in [2.75, 3.05) is 0 Å². The first-order valence-corrected chi connectivity index (χ1v) is 11.2. The van der Waals surface area contributed by atoms with Gasteiger partial charge in [-0.3, -0.25) is 14.7 Å². The number of aryl methyl sites for hydroxylation is 2. The minimum Gasteiger partial charge on any atom is -0.361 e. The molecule has 158 valence electrons. The van der Waals surface area contributed by atoms with Crippen LogP contribution in [0.3, 0.4) is 0 Å². The van der Waals surface area contributed by atoms with Gasteiger partial charge in [0.15, 0.2) is 0 Å². The third-order valence-corrected chi connectivity index (χ3v) is 6.99. The van der Waals surface area contributed by atoms with Crippen molar-refractivity contribution in [1.82, 2.24) is 24.3 Å². The van der Waals surface area contributed by atoms with Gasteiger partial charge in [-0.15, -0.1) is 0 Å². The van der Waals surface area contributed by atoms with E-state index >= 15 is 0 Å². The molecule has 2 N–H and O–H groups in total. The van der Waals surface area contributed by atoms with E-state index in [4.69, 9.17) is 0 Å². The standard InChI is InChI=1S/C24H19N5O2S/c1-14-22-19(27-29(23(22)31)24-26-18-8-4-5-9-20(18)32-24)12-21(30)28(14)11-10-15-13-25-17-7-3-2-6-16(15)17/h2-9,12-13,25,27H,10-11H2,1H3. The van der Waals surface area contributed by atoms with E-state index in [9.17, 15) is 9.59 Å². The lowest BCUT2D eigenvalue weighted by atomic mass is 10.1. The lowest BCUT2D eigenvalue weighted by Gasteiger charge is -2.09. The Morgan fingerprint density at radius 1 is 1.03 bits per heavy atom. The van der Waals surface area contributed by atoms with Crippen LogP contribution in [0.5, 0.6) is 0 Å². The molecule has 0 fully saturated rings. The van der Waals surface area contributed by atoms with Crippen molar-refractivity contribution in [2.24, 2.45) is 0 Å². The van der Waals surface area contributed by atoms with Gasteiger partial charge in [0.25, 0.3) is 11.1 Å². The van der Waals surface area contributed by atoms with E-state index in [1.165, 1.54) is 22.1 Å². The number of aromatic amines is 2. The second-order valence-electron chi connectivity index (χ2n) is 7.83. The Balaban J connectivity index is 1.42. The van der Waals surface area contributed by atoms with Crippen molar-refractivity contribution < 1.29 is 0 Å². The first-order chi connectivity index (χ1) is 15.6. The van der Waals surface area contributed by atoms with Gasteiger partial charge >= 0.3 is 0 Å². The highest BCUT2D eigenvalue weighted by Gasteiger charge is 2.17. The van der Waals surface area contributed by atoms with Crippen LogP contribution in [0.15, 0.2) is 70.4 Å². The number of aromatic nitrogens is 5. The number of benzene rings is 2. The number of fused-ring (bicyclic) bond motifs is 3. The molecule has 0 amide bonds. The molecule has 8 heteroatoms. The molecule has 32 heavy (non-hydrogen) atoms. The number of nitrogens with zero attached hydrogens (tertiary/aromatic N) is 3. The monoisotopic (exact) mass is 441 g/mol. The van der Waals surface area contributed by atoms with Crippen LogP contribution >= 0.6 is 11.3 Å². The fourth-order valence-electron chi connectivity index (χ4n) is 4.35. The van der Waals surface area contributed by atoms with Crippen molar-refractivity contribution in [3.63, 3.8) is 0 Å². The molecule has 0 unspecified atom stereocenters. The highest BCUT2D eigenvalue weighted by molar-refractivity contribution is 7.20. The largest absolute Gasteiger partial charge is 0.361 e. The zero-order valence-electron chi connectivity index (χ0n) is 17.3. The highest BCUT2D eigenvalue weighted by Crippen LogP contribution is 2.24. The summed E-state index contributed by atoms with van der Waals surface area (Å²) >= 11 is 1.44. The molecule has 4 heterocycles. The van der Waals surface area contributed by atoms with Crippen molar-refractivity contribution in [2.45, 2.75) is 19.9 Å². The number of para-hydroxylation sites is 2. The van der Waals surface area contributed by atoms with Gasteiger partial charge in [0.2, 0.25) is 5.13 Å². The Hall–Kier alpha value is -3.91. The molecular formula is C24H19N5O2S. The SMILES string of the molecule is Cc1c2c(=O)n(-c3nc4ccccc4s3)[nH]c2cc(=O)n1CCc1c[nH]c2ccccc12. The van der Waals surface area contributed by atoms with Crippen LogP contribution in [0.25, 0.3) is 37.2 Å². The fraction of sp³-hybridized carbons (Fsp3) is 0.125. The van der Waals surface area contributed by atoms with Crippen LogP contribution in [0, 0.1) is 6.92 Å². The summed E-state index contributed by atoms with van der Waals surface area (Å²) in [7, 11) is 0. The maximum Gasteiger partial charge on any atom is 0.282 e. The van der Waals surface area contributed by atoms with Crippen LogP contribution in [0.4, 0.5) is 0 Å². The van der Waals surface area contributed by atoms with Gasteiger partial charge in [-0.25, -0.2) is 4.98 Å². The summed E-state index contributed by atoms with van der Waals surface area (Å²) in [4.78, 5) is 34.0. The average Bonchev–Trinajstić information content (AvgIpc) is 3.48. The Kier molecular flexibility index (Phi) is 4.16. The minimum atomic E-state index is -0.197. The third-order valence-electron chi connectivity index (χ3n) is 5.97. The molecule has 0 saturated carbocycles. The summed E-state index contributed by atoms with van der Waals surface area (Å²) in [6, 6.07) is 17.4. The predicted molar refractivity (Wildman–Crippen MR) is 128 cm³/mol. The second kappa shape index (κ2) is 7.06. The number of pyridine rings is 1. The van der Waals surface area contributed by atoms with Gasteiger partial charge in [0, 0.05) is 35.4 Å². The van der Waals surface area contributed by atoms with Crippen LogP contribution in [-0.2, 0) is 13.0 Å². The third kappa shape index (κ3) is 2.84. The maximum atomic E-state index is 13.3. The number of H-pyrrole nitrogens is 2. The molecule has 0 bridgehead atoms. The topological polar surface area (TPSA) is 88.5 Å². The molecule has 2 aromatic carbocycles. The maximum absolute atomic E-state index is 13.3. The Labute approximate surface area is 185 Å². The first-order valence-electron chi connectivity index (χ1n) is 10.4. The van der Waals surface area contributed by atoms with Crippen molar-refractivity contribution >= 4 is 43.4 Å². The molecule has 6 rings (SSSR count). The molecular weight excluding hydrogens is 422 g/mol. The summed E-state index contributed by atoms with van der Waals surface area (Å²) in [6.45, 7) is 2.32. The van der Waals surface area contributed by atoms with Gasteiger partial charge < -0.3 is 9.55 Å². The van der Waals surface area contributed by atoms with Crippen molar-refractivity contribution in [3.05, 3.63) is 92.8 Å². The van der Waals surface area contributed by atoms with Gasteiger partial charge in [0.1, 0.15) is 0 Å².